The van der Waals surface area contributed by atoms with E-state index in [0.29, 0.717) is 18.6 Å². The van der Waals surface area contributed by atoms with Gasteiger partial charge in [-0.05, 0) is 48.7 Å². The van der Waals surface area contributed by atoms with Crippen LogP contribution in [0.5, 0.6) is 0 Å². The van der Waals surface area contributed by atoms with Gasteiger partial charge in [0.05, 0.1) is 29.3 Å². The van der Waals surface area contributed by atoms with Gasteiger partial charge in [-0.1, -0.05) is 19.1 Å². The van der Waals surface area contributed by atoms with Crippen LogP contribution in [-0.2, 0) is 22.4 Å². The van der Waals surface area contributed by atoms with Crippen LogP contribution < -0.4 is 0 Å². The molecule has 0 amide bonds. The number of ether oxygens (including phenoxy) is 1. The number of rotatable bonds is 5. The first-order valence-corrected chi connectivity index (χ1v) is 9.10. The molecule has 0 spiro atoms. The first-order chi connectivity index (χ1) is 13.0. The van der Waals surface area contributed by atoms with E-state index in [9.17, 15) is 10.1 Å². The molecule has 0 radical (unpaired) electrons. The van der Waals surface area contributed by atoms with E-state index in [4.69, 9.17) is 9.72 Å². The smallest absolute Gasteiger partial charge is 0.302 e. The molecular weight excluding hydrogens is 338 g/mol. The Morgan fingerprint density at radius 1 is 1.26 bits per heavy atom. The van der Waals surface area contributed by atoms with Crippen molar-refractivity contribution in [2.75, 3.05) is 6.61 Å². The molecule has 2 aromatic carbocycles. The van der Waals surface area contributed by atoms with Crippen LogP contribution in [-0.4, -0.2) is 22.1 Å². The minimum absolute atomic E-state index is 0.258. The maximum Gasteiger partial charge on any atom is 0.302 e. The third kappa shape index (κ3) is 3.56. The van der Waals surface area contributed by atoms with Crippen molar-refractivity contribution < 1.29 is 9.53 Å². The standard InChI is InChI=1S/C22H23N3O2/c1-5-21-24-22-15(3)19(13-23)14(2)12-20(22)25(21)18-8-6-17(7-9-18)10-11-27-16(4)26/h6-9,12H,5,10-11H2,1-4H3. The van der Waals surface area contributed by atoms with Crippen molar-refractivity contribution in [3.8, 4) is 11.8 Å². The molecule has 0 saturated heterocycles. The Bertz CT molecular complexity index is 1040. The van der Waals surface area contributed by atoms with Gasteiger partial charge in [-0.2, -0.15) is 5.26 Å². The molecule has 0 fully saturated rings. The molecule has 5 nitrogen and oxygen atoms in total. The summed E-state index contributed by atoms with van der Waals surface area (Å²) in [7, 11) is 0. The van der Waals surface area contributed by atoms with Crippen molar-refractivity contribution in [3.63, 3.8) is 0 Å². The molecule has 3 aromatic rings. The van der Waals surface area contributed by atoms with E-state index in [-0.39, 0.29) is 5.97 Å². The van der Waals surface area contributed by atoms with Gasteiger partial charge in [0.15, 0.2) is 0 Å². The van der Waals surface area contributed by atoms with Gasteiger partial charge in [-0.25, -0.2) is 4.98 Å². The lowest BCUT2D eigenvalue weighted by Gasteiger charge is -2.11. The van der Waals surface area contributed by atoms with E-state index < -0.39 is 0 Å². The fourth-order valence-corrected chi connectivity index (χ4v) is 3.40. The second-order valence-corrected chi connectivity index (χ2v) is 6.65. The molecule has 0 aliphatic carbocycles. The molecule has 5 heteroatoms. The molecule has 0 unspecified atom stereocenters. The third-order valence-electron chi connectivity index (χ3n) is 4.78. The molecule has 0 N–H and O–H groups in total. The molecule has 0 saturated carbocycles. The molecule has 27 heavy (non-hydrogen) atoms. The van der Waals surface area contributed by atoms with Crippen LogP contribution in [0.1, 0.15) is 41.9 Å². The molecule has 3 rings (SSSR count). The van der Waals surface area contributed by atoms with E-state index in [1.54, 1.807) is 0 Å². The Balaban J connectivity index is 2.03. The van der Waals surface area contributed by atoms with Crippen LogP contribution in [0.15, 0.2) is 30.3 Å². The van der Waals surface area contributed by atoms with Crippen molar-refractivity contribution in [2.24, 2.45) is 0 Å². The first kappa shape index (κ1) is 18.7. The van der Waals surface area contributed by atoms with E-state index in [0.717, 1.165) is 45.7 Å². The van der Waals surface area contributed by atoms with Gasteiger partial charge in [0.1, 0.15) is 5.82 Å². The lowest BCUT2D eigenvalue weighted by atomic mass is 10.0. The van der Waals surface area contributed by atoms with Gasteiger partial charge in [0.2, 0.25) is 0 Å². The summed E-state index contributed by atoms with van der Waals surface area (Å²) < 4.78 is 7.17. The Morgan fingerprint density at radius 3 is 2.56 bits per heavy atom. The van der Waals surface area contributed by atoms with Crippen molar-refractivity contribution in [3.05, 3.63) is 58.4 Å². The predicted molar refractivity (Wildman–Crippen MR) is 105 cm³/mol. The average Bonchev–Trinajstić information content (AvgIpc) is 3.01. The average molecular weight is 361 g/mol. The van der Waals surface area contributed by atoms with E-state index in [1.807, 2.05) is 32.0 Å². The monoisotopic (exact) mass is 361 g/mol. The molecule has 0 aliphatic heterocycles. The van der Waals surface area contributed by atoms with E-state index >= 15 is 0 Å². The van der Waals surface area contributed by atoms with Gasteiger partial charge in [-0.3, -0.25) is 9.36 Å². The molecular formula is C22H23N3O2. The summed E-state index contributed by atoms with van der Waals surface area (Å²) in [5.74, 6) is 0.710. The number of imidazole rings is 1. The van der Waals surface area contributed by atoms with Crippen molar-refractivity contribution >= 4 is 17.0 Å². The lowest BCUT2D eigenvalue weighted by molar-refractivity contribution is -0.140. The normalized spacial score (nSPS) is 10.8. The number of carbonyl (C=O) groups is 1. The number of nitriles is 1. The van der Waals surface area contributed by atoms with Crippen LogP contribution in [0.3, 0.4) is 0 Å². The van der Waals surface area contributed by atoms with Crippen molar-refractivity contribution in [2.45, 2.75) is 40.5 Å². The highest BCUT2D eigenvalue weighted by atomic mass is 16.5. The lowest BCUT2D eigenvalue weighted by Crippen LogP contribution is -2.04. The number of hydrogen-bond donors (Lipinski definition) is 0. The van der Waals surface area contributed by atoms with Crippen LogP contribution in [0.25, 0.3) is 16.7 Å². The van der Waals surface area contributed by atoms with Crippen molar-refractivity contribution in [1.82, 2.24) is 9.55 Å². The summed E-state index contributed by atoms with van der Waals surface area (Å²) in [4.78, 5) is 15.7. The van der Waals surface area contributed by atoms with Gasteiger partial charge in [0.25, 0.3) is 0 Å². The first-order valence-electron chi connectivity index (χ1n) is 9.10. The minimum Gasteiger partial charge on any atom is -0.466 e. The van der Waals surface area contributed by atoms with Crippen LogP contribution >= 0.6 is 0 Å². The zero-order chi connectivity index (χ0) is 19.6. The maximum atomic E-state index is 10.9. The topological polar surface area (TPSA) is 67.9 Å². The second kappa shape index (κ2) is 7.63. The molecule has 0 bridgehead atoms. The maximum absolute atomic E-state index is 10.9. The number of aromatic nitrogens is 2. The molecule has 0 atom stereocenters. The number of hydrogen-bond acceptors (Lipinski definition) is 4. The number of esters is 1. The number of carbonyl (C=O) groups excluding carboxylic acids is 1. The van der Waals surface area contributed by atoms with Crippen LogP contribution in [0.4, 0.5) is 0 Å². The summed E-state index contributed by atoms with van der Waals surface area (Å²) in [6.45, 7) is 7.81. The number of benzene rings is 2. The SMILES string of the molecule is CCc1nc2c(C)c(C#N)c(C)cc2n1-c1ccc(CCOC(C)=O)cc1. The Hall–Kier alpha value is -3.13. The zero-order valence-electron chi connectivity index (χ0n) is 16.2. The summed E-state index contributed by atoms with van der Waals surface area (Å²) in [5, 5.41) is 9.43. The molecule has 0 aliphatic rings. The highest BCUT2D eigenvalue weighted by Crippen LogP contribution is 2.28. The Morgan fingerprint density at radius 2 is 1.96 bits per heavy atom. The quantitative estimate of drug-likeness (QED) is 0.639. The van der Waals surface area contributed by atoms with Gasteiger partial charge < -0.3 is 4.74 Å². The van der Waals surface area contributed by atoms with Crippen LogP contribution in [0.2, 0.25) is 0 Å². The summed E-state index contributed by atoms with van der Waals surface area (Å²) in [6, 6.07) is 12.6. The summed E-state index contributed by atoms with van der Waals surface area (Å²) >= 11 is 0. The summed E-state index contributed by atoms with van der Waals surface area (Å²) in [6.07, 6.45) is 1.48. The number of aryl methyl sites for hydroxylation is 3. The van der Waals surface area contributed by atoms with Gasteiger partial charge in [0, 0.05) is 25.5 Å². The molecule has 1 aromatic heterocycles. The predicted octanol–water partition coefficient (Wildman–Crippen LogP) is 4.18. The fraction of sp³-hybridized carbons (Fsp3) is 0.318. The minimum atomic E-state index is -0.258. The Labute approximate surface area is 159 Å². The second-order valence-electron chi connectivity index (χ2n) is 6.65. The fourth-order valence-electron chi connectivity index (χ4n) is 3.40. The van der Waals surface area contributed by atoms with Gasteiger partial charge in [-0.15, -0.1) is 0 Å². The summed E-state index contributed by atoms with van der Waals surface area (Å²) in [5.41, 5.74) is 6.65. The highest BCUT2D eigenvalue weighted by Gasteiger charge is 2.16. The highest BCUT2D eigenvalue weighted by molar-refractivity contribution is 5.85. The number of fused-ring (bicyclic) bond motifs is 1. The van der Waals surface area contributed by atoms with E-state index in [1.165, 1.54) is 6.92 Å². The zero-order valence-corrected chi connectivity index (χ0v) is 16.2. The largest absolute Gasteiger partial charge is 0.466 e. The van der Waals surface area contributed by atoms with Crippen molar-refractivity contribution in [1.29, 1.82) is 5.26 Å². The molecule has 1 heterocycles. The Kier molecular flexibility index (Phi) is 5.27. The molecule has 138 valence electrons. The third-order valence-corrected chi connectivity index (χ3v) is 4.78. The van der Waals surface area contributed by atoms with Crippen LogP contribution in [0, 0.1) is 25.2 Å². The van der Waals surface area contributed by atoms with E-state index in [2.05, 4.69) is 29.7 Å². The van der Waals surface area contributed by atoms with Gasteiger partial charge >= 0.3 is 5.97 Å². The number of nitrogens with zero attached hydrogens (tertiary/aromatic N) is 3.